The number of amides is 1. The normalized spacial score (nSPS) is 19.8. The summed E-state index contributed by atoms with van der Waals surface area (Å²) < 4.78 is 5.28. The predicted molar refractivity (Wildman–Crippen MR) is 106 cm³/mol. The zero-order chi connectivity index (χ0) is 18.7. The minimum Gasteiger partial charge on any atom is -0.458 e. The molecule has 136 valence electrons. The van der Waals surface area contributed by atoms with Crippen molar-refractivity contribution in [2.24, 2.45) is 4.99 Å². The molecule has 3 rings (SSSR count). The van der Waals surface area contributed by atoms with Gasteiger partial charge >= 0.3 is 5.97 Å². The fourth-order valence-electron chi connectivity index (χ4n) is 2.97. The summed E-state index contributed by atoms with van der Waals surface area (Å²) in [6.07, 6.45) is 3.96. The number of hydrogen-bond acceptors (Lipinski definition) is 6. The number of esters is 1. The minimum atomic E-state index is -0.518. The van der Waals surface area contributed by atoms with Gasteiger partial charge in [-0.3, -0.25) is 9.69 Å². The summed E-state index contributed by atoms with van der Waals surface area (Å²) in [5, 5.41) is 0.651. The van der Waals surface area contributed by atoms with Gasteiger partial charge in [0.2, 0.25) is 5.91 Å². The second kappa shape index (κ2) is 8.14. The predicted octanol–water partition coefficient (Wildman–Crippen LogP) is 3.79. The van der Waals surface area contributed by atoms with Gasteiger partial charge in [0.15, 0.2) is 5.17 Å². The minimum absolute atomic E-state index is 0.0250. The molecule has 2 heterocycles. The van der Waals surface area contributed by atoms with Crippen LogP contribution in [-0.4, -0.2) is 40.6 Å². The molecule has 0 unspecified atom stereocenters. The summed E-state index contributed by atoms with van der Waals surface area (Å²) in [4.78, 5) is 32.6. The molecule has 0 aliphatic carbocycles. The fraction of sp³-hybridized carbons (Fsp3) is 0.316. The molecule has 0 spiro atoms. The van der Waals surface area contributed by atoms with E-state index in [1.807, 2.05) is 30.5 Å². The summed E-state index contributed by atoms with van der Waals surface area (Å²) in [6.45, 7) is 5.49. The molecule has 7 heteroatoms. The van der Waals surface area contributed by atoms with Crippen LogP contribution in [0, 0.1) is 0 Å². The topological polar surface area (TPSA) is 59.0 Å². The molecule has 0 bridgehead atoms. The van der Waals surface area contributed by atoms with Gasteiger partial charge < -0.3 is 4.74 Å². The lowest BCUT2D eigenvalue weighted by Gasteiger charge is -2.38. The van der Waals surface area contributed by atoms with Crippen LogP contribution in [0.1, 0.15) is 24.9 Å². The quantitative estimate of drug-likeness (QED) is 0.436. The first-order chi connectivity index (χ1) is 12.6. The number of benzene rings is 1. The Hall–Kier alpha value is -1.99. The second-order valence-corrected chi connectivity index (χ2v) is 7.76. The van der Waals surface area contributed by atoms with E-state index in [0.29, 0.717) is 28.6 Å². The Morgan fingerprint density at radius 1 is 1.46 bits per heavy atom. The summed E-state index contributed by atoms with van der Waals surface area (Å²) in [5.41, 5.74) is 1.87. The average molecular weight is 389 g/mol. The summed E-state index contributed by atoms with van der Waals surface area (Å²) in [5.74, 6) is 0.214. The van der Waals surface area contributed by atoms with Crippen LogP contribution < -0.4 is 0 Å². The highest BCUT2D eigenvalue weighted by Gasteiger charge is 2.41. The molecule has 1 aromatic rings. The van der Waals surface area contributed by atoms with Crippen LogP contribution in [0.5, 0.6) is 0 Å². The van der Waals surface area contributed by atoms with Crippen molar-refractivity contribution in [1.29, 1.82) is 0 Å². The second-order valence-electron chi connectivity index (χ2n) is 5.82. The average Bonchev–Trinajstić information content (AvgIpc) is 2.65. The molecule has 1 amide bonds. The Bertz CT molecular complexity index is 800. The van der Waals surface area contributed by atoms with Gasteiger partial charge in [-0.2, -0.15) is 0 Å². The number of allylic oxidation sites excluding steroid dienone is 1. The van der Waals surface area contributed by atoms with Crippen LogP contribution in [0.25, 0.3) is 0 Å². The number of hydrogen-bond donors (Lipinski definition) is 0. The number of carbonyl (C=O) groups excluding carboxylic acids is 2. The van der Waals surface area contributed by atoms with Gasteiger partial charge in [-0.05, 0) is 30.9 Å². The van der Waals surface area contributed by atoms with Gasteiger partial charge in [-0.25, -0.2) is 9.79 Å². The number of amidine groups is 1. The zero-order valence-electron chi connectivity index (χ0n) is 14.7. The molecule has 1 atom stereocenters. The Labute approximate surface area is 161 Å². The van der Waals surface area contributed by atoms with E-state index in [1.165, 1.54) is 6.08 Å². The molecule has 0 aromatic heterocycles. The summed E-state index contributed by atoms with van der Waals surface area (Å²) in [7, 11) is 0. The number of thioether (sulfide) groups is 2. The molecular weight excluding hydrogens is 368 g/mol. The number of fused-ring (bicyclic) bond motifs is 1. The molecule has 2 aliphatic rings. The van der Waals surface area contributed by atoms with Crippen molar-refractivity contribution in [2.45, 2.75) is 24.3 Å². The third-order valence-corrected chi connectivity index (χ3v) is 5.89. The molecule has 2 aliphatic heterocycles. The monoisotopic (exact) mass is 388 g/mol. The van der Waals surface area contributed by atoms with Crippen molar-refractivity contribution < 1.29 is 14.3 Å². The number of carbonyl (C=O) groups is 2. The molecule has 5 nitrogen and oxygen atoms in total. The van der Waals surface area contributed by atoms with Crippen molar-refractivity contribution in [1.82, 2.24) is 4.90 Å². The van der Waals surface area contributed by atoms with E-state index in [1.54, 1.807) is 35.3 Å². The first-order valence-electron chi connectivity index (χ1n) is 8.23. The first kappa shape index (κ1) is 18.8. The fourth-order valence-corrected chi connectivity index (χ4v) is 4.39. The molecular formula is C19H20N2O3S2. The Kier molecular flexibility index (Phi) is 5.88. The van der Waals surface area contributed by atoms with Gasteiger partial charge in [0.05, 0.1) is 17.3 Å². The van der Waals surface area contributed by atoms with Gasteiger partial charge in [0.1, 0.15) is 6.61 Å². The maximum atomic E-state index is 12.7. The van der Waals surface area contributed by atoms with Gasteiger partial charge in [0.25, 0.3) is 0 Å². The highest BCUT2D eigenvalue weighted by molar-refractivity contribution is 8.14. The van der Waals surface area contributed by atoms with Gasteiger partial charge in [-0.1, -0.05) is 36.5 Å². The van der Waals surface area contributed by atoms with E-state index in [0.717, 1.165) is 10.5 Å². The van der Waals surface area contributed by atoms with E-state index in [4.69, 9.17) is 4.74 Å². The zero-order valence-corrected chi connectivity index (χ0v) is 16.4. The van der Waals surface area contributed by atoms with Crippen molar-refractivity contribution in [3.63, 3.8) is 0 Å². The van der Waals surface area contributed by atoms with Crippen molar-refractivity contribution in [2.75, 3.05) is 18.6 Å². The smallest absolute Gasteiger partial charge is 0.338 e. The maximum absolute atomic E-state index is 12.7. The van der Waals surface area contributed by atoms with Gasteiger partial charge in [-0.15, -0.1) is 11.8 Å². The third kappa shape index (κ3) is 3.59. The number of ether oxygens (including phenoxy) is 1. The largest absolute Gasteiger partial charge is 0.458 e. The lowest BCUT2D eigenvalue weighted by Crippen LogP contribution is -2.45. The van der Waals surface area contributed by atoms with Gasteiger partial charge in [0, 0.05) is 17.1 Å². The van der Waals surface area contributed by atoms with Crippen molar-refractivity contribution in [3.8, 4) is 0 Å². The molecule has 1 aromatic carbocycles. The van der Waals surface area contributed by atoms with Crippen LogP contribution in [0.2, 0.25) is 0 Å². The number of aliphatic imine (C=N–C) groups is 1. The number of nitrogens with zero attached hydrogens (tertiary/aromatic N) is 2. The van der Waals surface area contributed by atoms with E-state index < -0.39 is 12.0 Å². The van der Waals surface area contributed by atoms with Crippen molar-refractivity contribution >= 4 is 40.6 Å². The van der Waals surface area contributed by atoms with Crippen LogP contribution in [-0.2, 0) is 14.3 Å². The molecule has 1 saturated heterocycles. The lowest BCUT2D eigenvalue weighted by atomic mass is 9.94. The van der Waals surface area contributed by atoms with E-state index in [-0.39, 0.29) is 12.5 Å². The summed E-state index contributed by atoms with van der Waals surface area (Å²) in [6, 6.07) is 7.39. The highest BCUT2D eigenvalue weighted by Crippen LogP contribution is 2.40. The molecule has 0 radical (unpaired) electrons. The standard InChI is InChI=1S/C19H20N2O3S2/c1-4-10-24-18(23)16-12(2)20-19-21(15(22)9-11-26-19)17(16)13-5-7-14(25-3)8-6-13/h4-8,17H,1,9-11H2,2-3H3/t17-/m1/s1. The number of rotatable bonds is 5. The van der Waals surface area contributed by atoms with E-state index >= 15 is 0 Å². The molecule has 26 heavy (non-hydrogen) atoms. The van der Waals surface area contributed by atoms with E-state index in [2.05, 4.69) is 11.6 Å². The third-order valence-electron chi connectivity index (χ3n) is 4.19. The van der Waals surface area contributed by atoms with Crippen LogP contribution in [0.15, 0.2) is 58.1 Å². The van der Waals surface area contributed by atoms with E-state index in [9.17, 15) is 9.59 Å². The highest BCUT2D eigenvalue weighted by atomic mass is 32.2. The van der Waals surface area contributed by atoms with Crippen molar-refractivity contribution in [3.05, 3.63) is 53.8 Å². The van der Waals surface area contributed by atoms with Crippen LogP contribution in [0.3, 0.4) is 0 Å². The molecule has 1 fully saturated rings. The van der Waals surface area contributed by atoms with Crippen LogP contribution >= 0.6 is 23.5 Å². The maximum Gasteiger partial charge on any atom is 0.338 e. The lowest BCUT2D eigenvalue weighted by molar-refractivity contribution is -0.139. The Morgan fingerprint density at radius 2 is 2.19 bits per heavy atom. The molecule has 0 saturated carbocycles. The SMILES string of the molecule is C=CCOC(=O)C1=C(C)N=C2SCCC(=O)N2[C@@H]1c1ccc(SC)cc1. The Morgan fingerprint density at radius 3 is 2.85 bits per heavy atom. The first-order valence-corrected chi connectivity index (χ1v) is 10.4. The molecule has 0 N–H and O–H groups in total. The van der Waals surface area contributed by atoms with Crippen LogP contribution in [0.4, 0.5) is 0 Å². The summed E-state index contributed by atoms with van der Waals surface area (Å²) >= 11 is 3.18. The Balaban J connectivity index is 2.09.